The Morgan fingerprint density at radius 2 is 1.76 bits per heavy atom. The van der Waals surface area contributed by atoms with Gasteiger partial charge in [-0.05, 0) is 47.9 Å². The van der Waals surface area contributed by atoms with Crippen molar-refractivity contribution in [2.75, 3.05) is 11.9 Å². The number of hydrogen-bond donors (Lipinski definition) is 1. The lowest BCUT2D eigenvalue weighted by molar-refractivity contribution is -0.137. The van der Waals surface area contributed by atoms with E-state index in [2.05, 4.69) is 15.3 Å². The summed E-state index contributed by atoms with van der Waals surface area (Å²) in [6.45, 7) is 0.406. The first-order chi connectivity index (χ1) is 13.9. The van der Waals surface area contributed by atoms with E-state index in [1.165, 1.54) is 12.1 Å². The molecule has 2 amide bonds. The molecule has 5 nitrogen and oxygen atoms in total. The Labute approximate surface area is 165 Å². The maximum atomic E-state index is 13.0. The summed E-state index contributed by atoms with van der Waals surface area (Å²) in [6, 6.07) is 12.8. The Hall–Kier alpha value is -3.42. The van der Waals surface area contributed by atoms with Crippen molar-refractivity contribution in [1.29, 1.82) is 0 Å². The highest BCUT2D eigenvalue weighted by Gasteiger charge is 2.35. The second-order valence-electron chi connectivity index (χ2n) is 6.66. The molecule has 1 aliphatic rings. The van der Waals surface area contributed by atoms with Gasteiger partial charge in [0.05, 0.1) is 11.3 Å². The molecule has 0 bridgehead atoms. The van der Waals surface area contributed by atoms with Gasteiger partial charge in [-0.1, -0.05) is 24.3 Å². The van der Waals surface area contributed by atoms with Crippen molar-refractivity contribution in [2.45, 2.75) is 18.6 Å². The van der Waals surface area contributed by atoms with Crippen LogP contribution in [-0.2, 0) is 12.6 Å². The van der Waals surface area contributed by atoms with Gasteiger partial charge in [0, 0.05) is 18.9 Å². The smallest absolute Gasteiger partial charge is 0.311 e. The second-order valence-corrected chi connectivity index (χ2v) is 6.66. The van der Waals surface area contributed by atoms with Crippen LogP contribution in [0.4, 0.5) is 23.8 Å². The van der Waals surface area contributed by atoms with Crippen molar-refractivity contribution in [3.05, 3.63) is 89.4 Å². The molecule has 0 fully saturated rings. The van der Waals surface area contributed by atoms with Crippen LogP contribution in [0.1, 0.15) is 28.4 Å². The van der Waals surface area contributed by atoms with Gasteiger partial charge < -0.3 is 4.90 Å². The molecule has 2 aromatic heterocycles. The summed E-state index contributed by atoms with van der Waals surface area (Å²) in [7, 11) is 0. The minimum absolute atomic E-state index is 0.384. The zero-order chi connectivity index (χ0) is 20.4. The standard InChI is InChI=1S/C21H17F3N4O/c22-21(23,24)16-8-6-15(7-9-16)19-18-14(4-3-12-26-18)10-13-28(19)20(29)27-17-5-1-2-11-25-17/h1-9,11-12,19H,10,13H2,(H,25,27,29)/t19-/m1/s1. The number of carbonyl (C=O) groups is 1. The summed E-state index contributed by atoms with van der Waals surface area (Å²) >= 11 is 0. The van der Waals surface area contributed by atoms with Crippen molar-refractivity contribution < 1.29 is 18.0 Å². The summed E-state index contributed by atoms with van der Waals surface area (Å²) in [5.41, 5.74) is 1.46. The van der Waals surface area contributed by atoms with Crippen LogP contribution in [0.15, 0.2) is 67.0 Å². The molecular weight excluding hydrogens is 381 g/mol. The molecule has 3 heterocycles. The topological polar surface area (TPSA) is 58.1 Å². The van der Waals surface area contributed by atoms with Crippen molar-refractivity contribution in [1.82, 2.24) is 14.9 Å². The molecule has 1 atom stereocenters. The minimum Gasteiger partial charge on any atom is -0.311 e. The normalized spacial score (nSPS) is 16.2. The summed E-state index contributed by atoms with van der Waals surface area (Å²) in [6.07, 6.45) is -0.626. The molecule has 0 spiro atoms. The highest BCUT2D eigenvalue weighted by Crippen LogP contribution is 2.36. The number of nitrogens with zero attached hydrogens (tertiary/aromatic N) is 3. The number of urea groups is 1. The molecule has 1 N–H and O–H groups in total. The Morgan fingerprint density at radius 1 is 1.00 bits per heavy atom. The van der Waals surface area contributed by atoms with E-state index in [9.17, 15) is 18.0 Å². The molecular formula is C21H17F3N4O. The average molecular weight is 398 g/mol. The number of benzene rings is 1. The van der Waals surface area contributed by atoms with Crippen LogP contribution in [-0.4, -0.2) is 27.4 Å². The van der Waals surface area contributed by atoms with E-state index in [4.69, 9.17) is 0 Å². The number of alkyl halides is 3. The first kappa shape index (κ1) is 18.9. The molecule has 29 heavy (non-hydrogen) atoms. The van der Waals surface area contributed by atoms with Crippen molar-refractivity contribution in [3.8, 4) is 0 Å². The van der Waals surface area contributed by atoms with Gasteiger partial charge in [0.15, 0.2) is 0 Å². The van der Waals surface area contributed by atoms with Gasteiger partial charge >= 0.3 is 12.2 Å². The molecule has 1 aliphatic heterocycles. The highest BCUT2D eigenvalue weighted by molar-refractivity contribution is 5.89. The average Bonchev–Trinajstić information content (AvgIpc) is 2.73. The van der Waals surface area contributed by atoms with E-state index in [1.54, 1.807) is 35.5 Å². The number of fused-ring (bicyclic) bond motifs is 1. The van der Waals surface area contributed by atoms with Crippen LogP contribution in [0, 0.1) is 0 Å². The largest absolute Gasteiger partial charge is 0.416 e. The third kappa shape index (κ3) is 3.91. The summed E-state index contributed by atoms with van der Waals surface area (Å²) in [5.74, 6) is 0.399. The molecule has 1 aromatic carbocycles. The van der Waals surface area contributed by atoms with E-state index in [0.29, 0.717) is 30.0 Å². The van der Waals surface area contributed by atoms with Crippen molar-refractivity contribution in [2.24, 2.45) is 0 Å². The number of halogens is 3. The van der Waals surface area contributed by atoms with Crippen LogP contribution in [0.25, 0.3) is 0 Å². The molecule has 0 unspecified atom stereocenters. The van der Waals surface area contributed by atoms with Gasteiger partial charge in [-0.25, -0.2) is 9.78 Å². The molecule has 0 saturated carbocycles. The Morgan fingerprint density at radius 3 is 2.45 bits per heavy atom. The van der Waals surface area contributed by atoms with Gasteiger partial charge in [0.1, 0.15) is 11.9 Å². The fourth-order valence-electron chi connectivity index (χ4n) is 3.46. The number of aromatic nitrogens is 2. The number of rotatable bonds is 2. The predicted octanol–water partition coefficient (Wildman–Crippen LogP) is 4.68. The van der Waals surface area contributed by atoms with Crippen LogP contribution >= 0.6 is 0 Å². The maximum absolute atomic E-state index is 13.0. The Balaban J connectivity index is 1.70. The second kappa shape index (κ2) is 7.54. The summed E-state index contributed by atoms with van der Waals surface area (Å²) in [4.78, 5) is 23.1. The van der Waals surface area contributed by atoms with Crippen LogP contribution in [0.2, 0.25) is 0 Å². The lowest BCUT2D eigenvalue weighted by Gasteiger charge is -2.36. The van der Waals surface area contributed by atoms with Crippen LogP contribution in [0.3, 0.4) is 0 Å². The lowest BCUT2D eigenvalue weighted by Crippen LogP contribution is -2.43. The number of carbonyl (C=O) groups excluding carboxylic acids is 1. The molecule has 0 aliphatic carbocycles. The minimum atomic E-state index is -4.42. The maximum Gasteiger partial charge on any atom is 0.416 e. The SMILES string of the molecule is O=C(Nc1ccccn1)N1CCc2cccnc2[C@H]1c1ccc(C(F)(F)F)cc1. The highest BCUT2D eigenvalue weighted by atomic mass is 19.4. The fraction of sp³-hybridized carbons (Fsp3) is 0.190. The summed E-state index contributed by atoms with van der Waals surface area (Å²) < 4.78 is 38.9. The summed E-state index contributed by atoms with van der Waals surface area (Å²) in [5, 5.41) is 2.75. The number of amides is 2. The Bertz CT molecular complexity index is 1010. The lowest BCUT2D eigenvalue weighted by atomic mass is 9.92. The monoisotopic (exact) mass is 398 g/mol. The molecule has 0 radical (unpaired) electrons. The molecule has 8 heteroatoms. The first-order valence-corrected chi connectivity index (χ1v) is 9.03. The van der Waals surface area contributed by atoms with Crippen LogP contribution < -0.4 is 5.32 Å². The van der Waals surface area contributed by atoms with Gasteiger partial charge in [0.2, 0.25) is 0 Å². The van der Waals surface area contributed by atoms with E-state index in [-0.39, 0.29) is 6.03 Å². The number of anilines is 1. The van der Waals surface area contributed by atoms with Crippen LogP contribution in [0.5, 0.6) is 0 Å². The first-order valence-electron chi connectivity index (χ1n) is 9.03. The van der Waals surface area contributed by atoms with Gasteiger partial charge in [0.25, 0.3) is 0 Å². The zero-order valence-electron chi connectivity index (χ0n) is 15.2. The predicted molar refractivity (Wildman–Crippen MR) is 101 cm³/mol. The molecule has 3 aromatic rings. The van der Waals surface area contributed by atoms with Gasteiger partial charge in [-0.3, -0.25) is 10.3 Å². The van der Waals surface area contributed by atoms with Crippen molar-refractivity contribution >= 4 is 11.8 Å². The number of pyridine rings is 2. The number of nitrogens with one attached hydrogen (secondary N) is 1. The van der Waals surface area contributed by atoms with E-state index in [1.807, 2.05) is 12.1 Å². The van der Waals surface area contributed by atoms with Gasteiger partial charge in [-0.2, -0.15) is 13.2 Å². The Kier molecular flexibility index (Phi) is 4.92. The van der Waals surface area contributed by atoms with E-state index < -0.39 is 17.8 Å². The van der Waals surface area contributed by atoms with E-state index in [0.717, 1.165) is 17.7 Å². The fourth-order valence-corrected chi connectivity index (χ4v) is 3.46. The quantitative estimate of drug-likeness (QED) is 0.682. The molecule has 0 saturated heterocycles. The van der Waals surface area contributed by atoms with E-state index >= 15 is 0 Å². The zero-order valence-corrected chi connectivity index (χ0v) is 15.2. The number of hydrogen-bond acceptors (Lipinski definition) is 3. The third-order valence-corrected chi connectivity index (χ3v) is 4.83. The molecule has 4 rings (SSSR count). The molecule has 148 valence electrons. The third-order valence-electron chi connectivity index (χ3n) is 4.83. The van der Waals surface area contributed by atoms with Crippen molar-refractivity contribution in [3.63, 3.8) is 0 Å². The van der Waals surface area contributed by atoms with Gasteiger partial charge in [-0.15, -0.1) is 0 Å².